The summed E-state index contributed by atoms with van der Waals surface area (Å²) in [6.07, 6.45) is -1.35. The number of aromatic nitrogens is 2. The number of aryl methyl sites for hydroxylation is 2. The van der Waals surface area contributed by atoms with Gasteiger partial charge in [-0.1, -0.05) is 6.07 Å². The summed E-state index contributed by atoms with van der Waals surface area (Å²) in [4.78, 5) is 0. The Kier molecular flexibility index (Phi) is 3.17. The van der Waals surface area contributed by atoms with E-state index in [1.807, 2.05) is 0 Å². The molecule has 18 heavy (non-hydrogen) atoms. The van der Waals surface area contributed by atoms with Crippen LogP contribution in [0.15, 0.2) is 18.2 Å². The van der Waals surface area contributed by atoms with Crippen molar-refractivity contribution in [3.05, 3.63) is 52.3 Å². The molecule has 96 valence electrons. The molecule has 0 aliphatic rings. The highest BCUT2D eigenvalue weighted by Gasteiger charge is 2.24. The Balaban J connectivity index is 2.58. The maximum atomic E-state index is 13.6. The van der Waals surface area contributed by atoms with Gasteiger partial charge in [0.25, 0.3) is 0 Å². The first-order valence-electron chi connectivity index (χ1n) is 5.55. The topological polar surface area (TPSA) is 38.0 Å². The summed E-state index contributed by atoms with van der Waals surface area (Å²) in [6.45, 7) is 3.45. The molecule has 1 aromatic carbocycles. The summed E-state index contributed by atoms with van der Waals surface area (Å²) in [5.41, 5.74) is 1.35. The maximum absolute atomic E-state index is 13.6. The highest BCUT2D eigenvalue weighted by atomic mass is 19.1. The lowest BCUT2D eigenvalue weighted by molar-refractivity contribution is 0.207. The molecule has 1 heterocycles. The van der Waals surface area contributed by atoms with Crippen LogP contribution in [0.3, 0.4) is 0 Å². The second-order valence-corrected chi connectivity index (χ2v) is 4.25. The van der Waals surface area contributed by atoms with Gasteiger partial charge in [-0.3, -0.25) is 4.68 Å². The van der Waals surface area contributed by atoms with E-state index in [4.69, 9.17) is 0 Å². The van der Waals surface area contributed by atoms with Gasteiger partial charge in [0.15, 0.2) is 0 Å². The third-order valence-corrected chi connectivity index (χ3v) is 3.11. The Morgan fingerprint density at radius 3 is 2.17 bits per heavy atom. The van der Waals surface area contributed by atoms with Crippen LogP contribution < -0.4 is 0 Å². The minimum atomic E-state index is -1.35. The number of hydrogen-bond acceptors (Lipinski definition) is 2. The molecule has 0 saturated carbocycles. The van der Waals surface area contributed by atoms with Crippen molar-refractivity contribution in [1.82, 2.24) is 9.78 Å². The lowest BCUT2D eigenvalue weighted by Gasteiger charge is -2.13. The number of benzene rings is 1. The third kappa shape index (κ3) is 1.90. The van der Waals surface area contributed by atoms with Gasteiger partial charge in [0.05, 0.1) is 11.3 Å². The van der Waals surface area contributed by atoms with Crippen molar-refractivity contribution in [2.24, 2.45) is 7.05 Å². The van der Waals surface area contributed by atoms with Gasteiger partial charge in [0, 0.05) is 18.3 Å². The van der Waals surface area contributed by atoms with Crippen molar-refractivity contribution >= 4 is 0 Å². The third-order valence-electron chi connectivity index (χ3n) is 3.11. The molecule has 0 amide bonds. The number of rotatable bonds is 2. The molecule has 5 heteroatoms. The molecule has 1 atom stereocenters. The van der Waals surface area contributed by atoms with Crippen molar-refractivity contribution in [2.75, 3.05) is 0 Å². The molecule has 0 aliphatic heterocycles. The van der Waals surface area contributed by atoms with Crippen LogP contribution in [0.25, 0.3) is 0 Å². The molecule has 1 N–H and O–H groups in total. The zero-order valence-corrected chi connectivity index (χ0v) is 10.4. The first-order chi connectivity index (χ1) is 8.43. The fourth-order valence-corrected chi connectivity index (χ4v) is 2.10. The van der Waals surface area contributed by atoms with Crippen molar-refractivity contribution < 1.29 is 13.9 Å². The highest BCUT2D eigenvalue weighted by molar-refractivity contribution is 5.36. The van der Waals surface area contributed by atoms with Crippen LogP contribution in [-0.2, 0) is 7.05 Å². The molecule has 0 spiro atoms. The molecule has 1 unspecified atom stereocenters. The minimum absolute atomic E-state index is 0.336. The van der Waals surface area contributed by atoms with E-state index in [1.165, 1.54) is 6.07 Å². The molecule has 0 bridgehead atoms. The summed E-state index contributed by atoms with van der Waals surface area (Å²) < 4.78 is 28.8. The van der Waals surface area contributed by atoms with Crippen molar-refractivity contribution in [1.29, 1.82) is 0 Å². The number of nitrogens with zero attached hydrogens (tertiary/aromatic N) is 2. The van der Waals surface area contributed by atoms with Crippen LogP contribution in [0.1, 0.15) is 28.6 Å². The first-order valence-corrected chi connectivity index (χ1v) is 5.55. The maximum Gasteiger partial charge on any atom is 0.132 e. The van der Waals surface area contributed by atoms with Crippen molar-refractivity contribution in [3.63, 3.8) is 0 Å². The fourth-order valence-electron chi connectivity index (χ4n) is 2.10. The number of halogens is 2. The smallest absolute Gasteiger partial charge is 0.132 e. The molecule has 0 aliphatic carbocycles. The average molecular weight is 252 g/mol. The van der Waals surface area contributed by atoms with Crippen LogP contribution in [-0.4, -0.2) is 14.9 Å². The zero-order valence-electron chi connectivity index (χ0n) is 10.4. The first kappa shape index (κ1) is 12.7. The van der Waals surface area contributed by atoms with E-state index in [2.05, 4.69) is 5.10 Å². The SMILES string of the molecule is Cc1nn(C)c(C)c1C(O)c1c(F)cccc1F. The van der Waals surface area contributed by atoms with E-state index in [-0.39, 0.29) is 5.56 Å². The number of aliphatic hydroxyl groups excluding tert-OH is 1. The van der Waals surface area contributed by atoms with Crippen LogP contribution >= 0.6 is 0 Å². The highest BCUT2D eigenvalue weighted by Crippen LogP contribution is 2.30. The van der Waals surface area contributed by atoms with Crippen molar-refractivity contribution in [2.45, 2.75) is 20.0 Å². The van der Waals surface area contributed by atoms with E-state index in [9.17, 15) is 13.9 Å². The van der Waals surface area contributed by atoms with E-state index in [1.54, 1.807) is 25.6 Å². The summed E-state index contributed by atoms with van der Waals surface area (Å²) in [7, 11) is 1.72. The van der Waals surface area contributed by atoms with E-state index in [0.717, 1.165) is 12.1 Å². The fraction of sp³-hybridized carbons (Fsp3) is 0.308. The Morgan fingerprint density at radius 2 is 1.72 bits per heavy atom. The van der Waals surface area contributed by atoms with Gasteiger partial charge in [0.1, 0.15) is 17.7 Å². The van der Waals surface area contributed by atoms with Crippen LogP contribution in [0.5, 0.6) is 0 Å². The van der Waals surface area contributed by atoms with E-state index < -0.39 is 17.7 Å². The Bertz CT molecular complexity index is 573. The summed E-state index contributed by atoms with van der Waals surface area (Å²) in [5.74, 6) is -1.52. The molecule has 0 fully saturated rings. The molecule has 1 aromatic heterocycles. The number of hydrogen-bond donors (Lipinski definition) is 1. The van der Waals surface area contributed by atoms with Crippen molar-refractivity contribution in [3.8, 4) is 0 Å². The minimum Gasteiger partial charge on any atom is -0.383 e. The standard InChI is InChI=1S/C13H14F2N2O/c1-7-11(8(2)17(3)16-7)13(18)12-9(14)5-4-6-10(12)15/h4-6,13,18H,1-3H3. The van der Waals surface area contributed by atoms with Gasteiger partial charge >= 0.3 is 0 Å². The van der Waals surface area contributed by atoms with Crippen LogP contribution in [0.2, 0.25) is 0 Å². The zero-order chi connectivity index (χ0) is 13.4. The average Bonchev–Trinajstić information content (AvgIpc) is 2.52. The molecule has 0 radical (unpaired) electrons. The summed E-state index contributed by atoms with van der Waals surface area (Å²) in [6, 6.07) is 3.52. The van der Waals surface area contributed by atoms with E-state index >= 15 is 0 Å². The van der Waals surface area contributed by atoms with Crippen LogP contribution in [0, 0.1) is 25.5 Å². The molecular weight excluding hydrogens is 238 g/mol. The molecule has 0 saturated heterocycles. The van der Waals surface area contributed by atoms with Gasteiger partial charge < -0.3 is 5.11 Å². The monoisotopic (exact) mass is 252 g/mol. The number of aliphatic hydroxyl groups is 1. The lowest BCUT2D eigenvalue weighted by Crippen LogP contribution is -2.08. The molecule has 2 rings (SSSR count). The van der Waals surface area contributed by atoms with Gasteiger partial charge in [-0.15, -0.1) is 0 Å². The second-order valence-electron chi connectivity index (χ2n) is 4.25. The van der Waals surface area contributed by atoms with Gasteiger partial charge in [0.2, 0.25) is 0 Å². The Labute approximate surface area is 104 Å². The Hall–Kier alpha value is -1.75. The van der Waals surface area contributed by atoms with Gasteiger partial charge in [-0.25, -0.2) is 8.78 Å². The normalized spacial score (nSPS) is 12.8. The predicted molar refractivity (Wildman–Crippen MR) is 63.1 cm³/mol. The molecule has 3 nitrogen and oxygen atoms in total. The van der Waals surface area contributed by atoms with Gasteiger partial charge in [-0.2, -0.15) is 5.10 Å². The van der Waals surface area contributed by atoms with E-state index in [0.29, 0.717) is 17.0 Å². The lowest BCUT2D eigenvalue weighted by atomic mass is 9.99. The largest absolute Gasteiger partial charge is 0.383 e. The molecule has 2 aromatic rings. The van der Waals surface area contributed by atoms with Gasteiger partial charge in [-0.05, 0) is 26.0 Å². The molecular formula is C13H14F2N2O. The summed E-state index contributed by atoms with van der Waals surface area (Å²) >= 11 is 0. The predicted octanol–water partition coefficient (Wildman–Crippen LogP) is 2.40. The summed E-state index contributed by atoms with van der Waals surface area (Å²) in [5, 5.41) is 14.3. The quantitative estimate of drug-likeness (QED) is 0.891. The Morgan fingerprint density at radius 1 is 1.17 bits per heavy atom. The van der Waals surface area contributed by atoms with Crippen LogP contribution in [0.4, 0.5) is 8.78 Å². The second kappa shape index (κ2) is 4.49.